The van der Waals surface area contributed by atoms with Crippen LogP contribution in [0.3, 0.4) is 0 Å². The normalized spacial score (nSPS) is 20.8. The van der Waals surface area contributed by atoms with Crippen LogP contribution in [0.5, 0.6) is 0 Å². The molecule has 0 heterocycles. The average Bonchev–Trinajstić information content (AvgIpc) is 3.40. The summed E-state index contributed by atoms with van der Waals surface area (Å²) in [5, 5.41) is 1.65. The Morgan fingerprint density at radius 3 is 1.46 bits per heavy atom. The van der Waals surface area contributed by atoms with E-state index >= 15 is 0 Å². The molecule has 3 atom stereocenters. The third kappa shape index (κ3) is 4.01. The van der Waals surface area contributed by atoms with Crippen LogP contribution < -0.4 is 5.19 Å². The molecule has 2 aliphatic rings. The van der Waals surface area contributed by atoms with Crippen LogP contribution in [0.4, 0.5) is 0 Å². The van der Waals surface area contributed by atoms with E-state index in [2.05, 4.69) is 136 Å². The third-order valence-corrected chi connectivity index (χ3v) is 53.7. The van der Waals surface area contributed by atoms with Crippen LogP contribution in [0, 0.1) is 0 Å². The molecule has 193 valence electrons. The van der Waals surface area contributed by atoms with Crippen molar-refractivity contribution in [1.29, 1.82) is 0 Å². The van der Waals surface area contributed by atoms with Gasteiger partial charge < -0.3 is 0 Å². The molecule has 0 aromatic heterocycles. The molecule has 37 heavy (non-hydrogen) atoms. The van der Waals surface area contributed by atoms with E-state index in [4.69, 9.17) is 0 Å². The van der Waals surface area contributed by atoms with Crippen molar-refractivity contribution in [1.82, 2.24) is 0 Å². The zero-order valence-electron chi connectivity index (χ0n) is 24.4. The molecule has 0 saturated carbocycles. The Labute approximate surface area is 227 Å². The number of fused-ring (bicyclic) bond motifs is 2. The topological polar surface area (TPSA) is 0 Å². The van der Waals surface area contributed by atoms with Crippen LogP contribution in [-0.4, -0.2) is 5.92 Å². The fraction of sp³-hybridized carbons (Fsp3) is 0.371. The van der Waals surface area contributed by atoms with E-state index in [1.54, 1.807) is 27.5 Å². The van der Waals surface area contributed by atoms with Gasteiger partial charge in [0.05, 0.1) is 0 Å². The van der Waals surface area contributed by atoms with Crippen molar-refractivity contribution in [3.05, 3.63) is 111 Å². The summed E-state index contributed by atoms with van der Waals surface area (Å²) >= 11 is -3.76. The Bertz CT molecular complexity index is 1320. The zero-order chi connectivity index (χ0) is 26.7. The third-order valence-electron chi connectivity index (χ3n) is 10.4. The van der Waals surface area contributed by atoms with E-state index in [0.717, 1.165) is 0 Å². The molecular formula is C35H45SiZr. The predicted octanol–water partition coefficient (Wildman–Crippen LogP) is 9.60. The molecule has 0 amide bonds. The van der Waals surface area contributed by atoms with E-state index in [-0.39, 0.29) is 0 Å². The van der Waals surface area contributed by atoms with E-state index < -0.39 is 23.9 Å². The Hall–Kier alpha value is -1.76. The number of allylic oxidation sites excluding steroid dienone is 2. The zero-order valence-corrected chi connectivity index (χ0v) is 28.0. The van der Waals surface area contributed by atoms with Gasteiger partial charge in [-0.2, -0.15) is 0 Å². The molecule has 0 bridgehead atoms. The second-order valence-corrected chi connectivity index (χ2v) is 49.1. The van der Waals surface area contributed by atoms with Gasteiger partial charge in [0.1, 0.15) is 0 Å². The molecule has 0 saturated heterocycles. The van der Waals surface area contributed by atoms with Crippen molar-refractivity contribution in [3.63, 3.8) is 0 Å². The summed E-state index contributed by atoms with van der Waals surface area (Å²) in [5.74, 6) is -0.279. The summed E-state index contributed by atoms with van der Waals surface area (Å²) in [7, 11) is 0. The van der Waals surface area contributed by atoms with Gasteiger partial charge in [-0.3, -0.25) is 0 Å². The molecule has 3 unspecified atom stereocenters. The van der Waals surface area contributed by atoms with Crippen molar-refractivity contribution in [2.24, 2.45) is 0 Å². The molecule has 0 N–H and O–H groups in total. The number of hydrogen-bond donors (Lipinski definition) is 0. The van der Waals surface area contributed by atoms with Crippen LogP contribution in [0.25, 0.3) is 12.2 Å². The van der Waals surface area contributed by atoms with Gasteiger partial charge in [-0.05, 0) is 0 Å². The van der Waals surface area contributed by atoms with Crippen LogP contribution in [0.15, 0.2) is 77.9 Å². The van der Waals surface area contributed by atoms with Gasteiger partial charge in [-0.1, -0.05) is 0 Å². The minimum absolute atomic E-state index is 0.540. The Morgan fingerprint density at radius 2 is 1.05 bits per heavy atom. The van der Waals surface area contributed by atoms with E-state index in [1.807, 2.05) is 0 Å². The average molecular weight is 585 g/mol. The summed E-state index contributed by atoms with van der Waals surface area (Å²) in [6, 6.07) is 26.1. The molecule has 0 radical (unpaired) electrons. The molecule has 3 aromatic carbocycles. The monoisotopic (exact) mass is 583 g/mol. The maximum atomic E-state index is 2.88. The summed E-state index contributed by atoms with van der Waals surface area (Å²) in [4.78, 5) is 0. The van der Waals surface area contributed by atoms with Crippen LogP contribution in [-0.2, 0) is 17.9 Å². The van der Waals surface area contributed by atoms with E-state index in [9.17, 15) is 0 Å². The van der Waals surface area contributed by atoms with Gasteiger partial charge in [0.15, 0.2) is 0 Å². The number of hydrogen-bond acceptors (Lipinski definition) is 0. The van der Waals surface area contributed by atoms with Crippen LogP contribution in [0.2, 0.25) is 15.8 Å². The van der Waals surface area contributed by atoms with Crippen LogP contribution in [0.1, 0.15) is 94.0 Å². The van der Waals surface area contributed by atoms with Crippen molar-refractivity contribution < 1.29 is 17.9 Å². The first kappa shape index (κ1) is 26.8. The first-order valence-electron chi connectivity index (χ1n) is 14.3. The Kier molecular flexibility index (Phi) is 6.86. The quantitative estimate of drug-likeness (QED) is 0.253. The first-order chi connectivity index (χ1) is 17.5. The summed E-state index contributed by atoms with van der Waals surface area (Å²) in [5.41, 5.74) is 12.6. The summed E-state index contributed by atoms with van der Waals surface area (Å²) < 4.78 is 6.92. The molecule has 0 spiro atoms. The standard InChI is InChI=1S/2C13H15.C7H9Si.2CH3.Zr/c2*1-9(2)12-6-4-5-11-7-10(3)8-13(11)12;1-8-7-5-3-2-4-6-7;;;/h2*4-9H,1-3H3;2-6,8H,1H3;2*1H3;. The molecule has 0 aliphatic heterocycles. The van der Waals surface area contributed by atoms with Crippen molar-refractivity contribution in [2.45, 2.75) is 76.4 Å². The second kappa shape index (κ2) is 9.46. The second-order valence-electron chi connectivity index (χ2n) is 13.5. The molecule has 2 aliphatic carbocycles. The van der Waals surface area contributed by atoms with E-state index in [1.165, 1.54) is 22.3 Å². The first-order valence-corrected chi connectivity index (χ1v) is 28.6. The molecule has 0 nitrogen and oxygen atoms in total. The Morgan fingerprint density at radius 1 is 0.622 bits per heavy atom. The van der Waals surface area contributed by atoms with Crippen molar-refractivity contribution in [3.8, 4) is 0 Å². The van der Waals surface area contributed by atoms with Gasteiger partial charge in [0.25, 0.3) is 0 Å². The van der Waals surface area contributed by atoms with Crippen molar-refractivity contribution >= 4 is 23.3 Å². The maximum absolute atomic E-state index is 3.76. The fourth-order valence-electron chi connectivity index (χ4n) is 8.51. The molecular weight excluding hydrogens is 540 g/mol. The number of benzene rings is 3. The van der Waals surface area contributed by atoms with E-state index in [0.29, 0.717) is 19.1 Å². The Balaban J connectivity index is 1.82. The van der Waals surface area contributed by atoms with Gasteiger partial charge in [-0.25, -0.2) is 0 Å². The van der Waals surface area contributed by atoms with Gasteiger partial charge in [-0.15, -0.1) is 0 Å². The van der Waals surface area contributed by atoms with Gasteiger partial charge in [0, 0.05) is 0 Å². The molecule has 0 fully saturated rings. The fourth-order valence-corrected chi connectivity index (χ4v) is 47.5. The predicted molar refractivity (Wildman–Crippen MR) is 165 cm³/mol. The molecule has 3 aromatic rings. The summed E-state index contributed by atoms with van der Waals surface area (Å²) in [6.45, 7) is 17.0. The SMILES string of the molecule is CC1=Cc2c(C(C)C)cccc2[CH]1[Zr]([CH3])([CH3])([CH]1C(C)=Cc2c(C(C)C)cccc21)[SiH](C)c1ccccc1. The summed E-state index contributed by atoms with van der Waals surface area (Å²) in [6.07, 6.45) is 5.17. The van der Waals surface area contributed by atoms with Gasteiger partial charge >= 0.3 is 229 Å². The van der Waals surface area contributed by atoms with Crippen molar-refractivity contribution in [2.75, 3.05) is 0 Å². The number of rotatable bonds is 6. The van der Waals surface area contributed by atoms with Crippen LogP contribution >= 0.6 is 0 Å². The van der Waals surface area contributed by atoms with Gasteiger partial charge in [0.2, 0.25) is 0 Å². The molecule has 2 heteroatoms. The minimum atomic E-state index is -3.76. The molecule has 5 rings (SSSR count).